The van der Waals surface area contributed by atoms with Crippen molar-refractivity contribution in [2.24, 2.45) is 4.99 Å². The number of nitrogens with one attached hydrogen (secondary N) is 1. The molecule has 0 fully saturated rings. The molecule has 0 atom stereocenters. The highest BCUT2D eigenvalue weighted by Gasteiger charge is 2.16. The van der Waals surface area contributed by atoms with Crippen LogP contribution in [-0.4, -0.2) is 11.5 Å². The summed E-state index contributed by atoms with van der Waals surface area (Å²) in [5.41, 5.74) is 3.83. The van der Waals surface area contributed by atoms with Gasteiger partial charge in [-0.1, -0.05) is 60.7 Å². The molecule has 0 amide bonds. The third-order valence-corrected chi connectivity index (χ3v) is 2.92. The van der Waals surface area contributed by atoms with Crippen LogP contribution in [0.1, 0.15) is 11.1 Å². The van der Waals surface area contributed by atoms with Gasteiger partial charge in [-0.3, -0.25) is 5.41 Å². The van der Waals surface area contributed by atoms with Gasteiger partial charge in [0.05, 0.1) is 5.71 Å². The SMILES string of the molecule is N=C1N=C(c2ccccc2)C=C1c1ccccc1. The predicted molar refractivity (Wildman–Crippen MR) is 75.1 cm³/mol. The van der Waals surface area contributed by atoms with Gasteiger partial charge in [-0.05, 0) is 11.6 Å². The summed E-state index contributed by atoms with van der Waals surface area (Å²) in [6, 6.07) is 19.9. The molecule has 86 valence electrons. The maximum absolute atomic E-state index is 7.97. The second-order valence-corrected chi connectivity index (χ2v) is 4.14. The smallest absolute Gasteiger partial charge is 0.153 e. The molecule has 1 heterocycles. The fraction of sp³-hybridized carbons (Fsp3) is 0. The lowest BCUT2D eigenvalue weighted by Gasteiger charge is -1.99. The predicted octanol–water partition coefficient (Wildman–Crippen LogP) is 3.55. The molecule has 2 heteroatoms. The molecule has 1 N–H and O–H groups in total. The van der Waals surface area contributed by atoms with Crippen LogP contribution in [0.15, 0.2) is 71.7 Å². The summed E-state index contributed by atoms with van der Waals surface area (Å²) < 4.78 is 0. The van der Waals surface area contributed by atoms with Gasteiger partial charge in [0.15, 0.2) is 5.84 Å². The molecular formula is C16H12N2. The van der Waals surface area contributed by atoms with E-state index in [1.165, 1.54) is 0 Å². The molecule has 0 aliphatic carbocycles. The van der Waals surface area contributed by atoms with Crippen molar-refractivity contribution in [1.29, 1.82) is 5.41 Å². The van der Waals surface area contributed by atoms with Gasteiger partial charge in [-0.25, -0.2) is 4.99 Å². The molecule has 2 nitrogen and oxygen atoms in total. The van der Waals surface area contributed by atoms with E-state index in [0.717, 1.165) is 22.4 Å². The zero-order valence-electron chi connectivity index (χ0n) is 9.80. The van der Waals surface area contributed by atoms with E-state index in [4.69, 9.17) is 5.41 Å². The Hall–Kier alpha value is -2.48. The first-order valence-corrected chi connectivity index (χ1v) is 5.85. The van der Waals surface area contributed by atoms with E-state index < -0.39 is 0 Å². The Morgan fingerprint density at radius 2 is 1.28 bits per heavy atom. The molecule has 3 rings (SSSR count). The van der Waals surface area contributed by atoms with E-state index >= 15 is 0 Å². The van der Waals surface area contributed by atoms with Gasteiger partial charge in [0.25, 0.3) is 0 Å². The highest BCUT2D eigenvalue weighted by atomic mass is 14.9. The molecule has 0 saturated heterocycles. The van der Waals surface area contributed by atoms with Crippen molar-refractivity contribution in [1.82, 2.24) is 0 Å². The summed E-state index contributed by atoms with van der Waals surface area (Å²) in [5, 5.41) is 7.97. The molecule has 0 saturated carbocycles. The minimum absolute atomic E-state index is 0.333. The molecule has 1 aliphatic heterocycles. The average Bonchev–Trinajstić information content (AvgIpc) is 2.83. The van der Waals surface area contributed by atoms with Crippen molar-refractivity contribution < 1.29 is 0 Å². The highest BCUT2D eigenvalue weighted by molar-refractivity contribution is 6.36. The lowest BCUT2D eigenvalue weighted by molar-refractivity contribution is 1.47. The van der Waals surface area contributed by atoms with Gasteiger partial charge in [-0.2, -0.15) is 0 Å². The average molecular weight is 232 g/mol. The molecule has 1 aliphatic rings. The van der Waals surface area contributed by atoms with Crippen LogP contribution in [0.2, 0.25) is 0 Å². The fourth-order valence-electron chi connectivity index (χ4n) is 2.01. The first-order chi connectivity index (χ1) is 8.84. The van der Waals surface area contributed by atoms with Gasteiger partial charge in [0.1, 0.15) is 0 Å². The number of rotatable bonds is 2. The Bertz CT molecular complexity index is 597. The monoisotopic (exact) mass is 232 g/mol. The quantitative estimate of drug-likeness (QED) is 0.822. The Morgan fingerprint density at radius 3 is 1.89 bits per heavy atom. The molecule has 0 spiro atoms. The van der Waals surface area contributed by atoms with E-state index in [1.807, 2.05) is 66.7 Å². The number of aliphatic imine (C=N–C) groups is 1. The highest BCUT2D eigenvalue weighted by Crippen LogP contribution is 2.22. The second-order valence-electron chi connectivity index (χ2n) is 4.14. The minimum atomic E-state index is 0.333. The maximum Gasteiger partial charge on any atom is 0.153 e. The molecule has 18 heavy (non-hydrogen) atoms. The summed E-state index contributed by atoms with van der Waals surface area (Å²) in [5.74, 6) is 0.333. The van der Waals surface area contributed by atoms with E-state index in [0.29, 0.717) is 5.84 Å². The first-order valence-electron chi connectivity index (χ1n) is 5.85. The molecule has 2 aromatic carbocycles. The Balaban J connectivity index is 2.00. The third kappa shape index (κ3) is 1.89. The summed E-state index contributed by atoms with van der Waals surface area (Å²) >= 11 is 0. The summed E-state index contributed by atoms with van der Waals surface area (Å²) in [6.45, 7) is 0. The van der Waals surface area contributed by atoms with Gasteiger partial charge in [0.2, 0.25) is 0 Å². The van der Waals surface area contributed by atoms with E-state index in [1.54, 1.807) is 0 Å². The van der Waals surface area contributed by atoms with Crippen molar-refractivity contribution >= 4 is 17.1 Å². The minimum Gasteiger partial charge on any atom is -0.282 e. The van der Waals surface area contributed by atoms with Crippen LogP contribution in [-0.2, 0) is 0 Å². The Morgan fingerprint density at radius 1 is 0.722 bits per heavy atom. The summed E-state index contributed by atoms with van der Waals surface area (Å²) in [6.07, 6.45) is 1.98. The van der Waals surface area contributed by atoms with Crippen molar-refractivity contribution in [3.8, 4) is 0 Å². The van der Waals surface area contributed by atoms with Gasteiger partial charge in [-0.15, -0.1) is 0 Å². The molecular weight excluding hydrogens is 220 g/mol. The molecule has 0 radical (unpaired) electrons. The van der Waals surface area contributed by atoms with Gasteiger partial charge < -0.3 is 0 Å². The fourth-order valence-corrected chi connectivity index (χ4v) is 2.01. The number of hydrogen-bond acceptors (Lipinski definition) is 1. The third-order valence-electron chi connectivity index (χ3n) is 2.92. The molecule has 2 aromatic rings. The van der Waals surface area contributed by atoms with Crippen LogP contribution in [0.4, 0.5) is 0 Å². The number of allylic oxidation sites excluding steroid dienone is 1. The van der Waals surface area contributed by atoms with Crippen LogP contribution in [0.25, 0.3) is 5.57 Å². The van der Waals surface area contributed by atoms with Gasteiger partial charge in [0, 0.05) is 11.1 Å². The second kappa shape index (κ2) is 4.41. The number of nitrogens with zero attached hydrogens (tertiary/aromatic N) is 1. The van der Waals surface area contributed by atoms with Gasteiger partial charge >= 0.3 is 0 Å². The topological polar surface area (TPSA) is 36.2 Å². The number of amidine groups is 1. The normalized spacial score (nSPS) is 14.3. The van der Waals surface area contributed by atoms with E-state index in [-0.39, 0.29) is 0 Å². The molecule has 0 unspecified atom stereocenters. The summed E-state index contributed by atoms with van der Waals surface area (Å²) in [4.78, 5) is 4.32. The zero-order chi connectivity index (χ0) is 12.4. The van der Waals surface area contributed by atoms with Crippen molar-refractivity contribution in [3.05, 3.63) is 77.9 Å². The number of benzene rings is 2. The van der Waals surface area contributed by atoms with Crippen molar-refractivity contribution in [3.63, 3.8) is 0 Å². The maximum atomic E-state index is 7.97. The van der Waals surface area contributed by atoms with Crippen LogP contribution in [0.3, 0.4) is 0 Å². The standard InChI is InChI=1S/C16H12N2/c17-16-14(12-7-3-1-4-8-12)11-15(18-16)13-9-5-2-6-10-13/h1-11,17H. The largest absolute Gasteiger partial charge is 0.282 e. The zero-order valence-corrected chi connectivity index (χ0v) is 9.80. The first kappa shape index (κ1) is 10.7. The van der Waals surface area contributed by atoms with E-state index in [2.05, 4.69) is 4.99 Å². The molecule has 0 aromatic heterocycles. The van der Waals surface area contributed by atoms with Crippen LogP contribution < -0.4 is 0 Å². The van der Waals surface area contributed by atoms with Crippen LogP contribution >= 0.6 is 0 Å². The Labute approximate surface area is 106 Å². The van der Waals surface area contributed by atoms with Crippen molar-refractivity contribution in [2.45, 2.75) is 0 Å². The van der Waals surface area contributed by atoms with Crippen molar-refractivity contribution in [2.75, 3.05) is 0 Å². The Kier molecular flexibility index (Phi) is 2.61. The summed E-state index contributed by atoms with van der Waals surface area (Å²) in [7, 11) is 0. The van der Waals surface area contributed by atoms with E-state index in [9.17, 15) is 0 Å². The number of hydrogen-bond donors (Lipinski definition) is 1. The van der Waals surface area contributed by atoms with Crippen LogP contribution in [0.5, 0.6) is 0 Å². The van der Waals surface area contributed by atoms with Crippen LogP contribution in [0, 0.1) is 5.41 Å². The molecule has 0 bridgehead atoms. The lowest BCUT2D eigenvalue weighted by atomic mass is 10.0. The lowest BCUT2D eigenvalue weighted by Crippen LogP contribution is -1.93.